The first kappa shape index (κ1) is 49.1. The van der Waals surface area contributed by atoms with Crippen molar-refractivity contribution in [1.82, 2.24) is 14.7 Å². The van der Waals surface area contributed by atoms with Crippen LogP contribution in [-0.4, -0.2) is 42.6 Å². The molecule has 0 saturated heterocycles. The molecular formula is C38H63N3O5S2. The van der Waals surface area contributed by atoms with E-state index in [-0.39, 0.29) is 67.3 Å². The number of hydrogen-bond acceptors (Lipinski definition) is 8. The van der Waals surface area contributed by atoms with Gasteiger partial charge in [0.05, 0.1) is 32.8 Å². The molecule has 2 aromatic heterocycles. The molecule has 2 heterocycles. The summed E-state index contributed by atoms with van der Waals surface area (Å²) in [6, 6.07) is 20.2. The molecule has 1 saturated carbocycles. The van der Waals surface area contributed by atoms with Crippen LogP contribution in [0, 0.1) is 5.92 Å². The number of nitrogens with one attached hydrogen (secondary N) is 1. The predicted molar refractivity (Wildman–Crippen MR) is 207 cm³/mol. The number of carbonyl (C=O) groups excluding carboxylic acids is 1. The first-order valence-electron chi connectivity index (χ1n) is 14.7. The Morgan fingerprint density at radius 2 is 1.33 bits per heavy atom. The van der Waals surface area contributed by atoms with Gasteiger partial charge in [-0.15, -0.1) is 11.3 Å². The quantitative estimate of drug-likeness (QED) is 0.182. The summed E-state index contributed by atoms with van der Waals surface area (Å²) in [5, 5.41) is 2.03. The number of sulfonamides is 1. The van der Waals surface area contributed by atoms with Gasteiger partial charge >= 0.3 is 5.97 Å². The van der Waals surface area contributed by atoms with E-state index >= 15 is 0 Å². The van der Waals surface area contributed by atoms with E-state index in [1.54, 1.807) is 55.5 Å². The SMILES string of the molecule is C.C.C.C.C.CC(C)C(=O)OC1CCCC1.CC(C)NS(=O)(=O)c1ccccc1.CC(C)Oc1nc2ccccc2nc1-c1cccs1. The van der Waals surface area contributed by atoms with Crippen LogP contribution in [0.25, 0.3) is 21.6 Å². The minimum atomic E-state index is -3.31. The molecule has 2 aromatic carbocycles. The van der Waals surface area contributed by atoms with Crippen LogP contribution < -0.4 is 9.46 Å². The first-order valence-corrected chi connectivity index (χ1v) is 17.1. The number of aromatic nitrogens is 2. The lowest BCUT2D eigenvalue weighted by molar-refractivity contribution is -0.152. The van der Waals surface area contributed by atoms with Crippen LogP contribution in [0.2, 0.25) is 0 Å². The van der Waals surface area contributed by atoms with Gasteiger partial charge in [0, 0.05) is 6.04 Å². The molecule has 0 bridgehead atoms. The van der Waals surface area contributed by atoms with Gasteiger partial charge < -0.3 is 9.47 Å². The minimum Gasteiger partial charge on any atom is -0.473 e. The van der Waals surface area contributed by atoms with Gasteiger partial charge in [0.2, 0.25) is 15.9 Å². The summed E-state index contributed by atoms with van der Waals surface area (Å²) < 4.78 is 36.6. The van der Waals surface area contributed by atoms with Gasteiger partial charge in [0.15, 0.2) is 0 Å². The highest BCUT2D eigenvalue weighted by Crippen LogP contribution is 2.32. The van der Waals surface area contributed by atoms with Crippen molar-refractivity contribution in [2.24, 2.45) is 5.92 Å². The molecule has 1 aliphatic rings. The number of rotatable bonds is 8. The number of hydrogen-bond donors (Lipinski definition) is 1. The number of para-hydroxylation sites is 2. The molecule has 0 unspecified atom stereocenters. The molecule has 1 fully saturated rings. The normalized spacial score (nSPS) is 12.0. The van der Waals surface area contributed by atoms with E-state index in [1.807, 2.05) is 69.5 Å². The number of thiophene rings is 1. The van der Waals surface area contributed by atoms with Crippen molar-refractivity contribution in [3.05, 3.63) is 72.1 Å². The van der Waals surface area contributed by atoms with E-state index in [1.165, 1.54) is 12.8 Å². The smallest absolute Gasteiger partial charge is 0.308 e. The third-order valence-corrected chi connectivity index (χ3v) is 8.69. The average molecular weight is 706 g/mol. The summed E-state index contributed by atoms with van der Waals surface area (Å²) in [7, 11) is -3.31. The highest BCUT2D eigenvalue weighted by molar-refractivity contribution is 7.89. The van der Waals surface area contributed by atoms with Gasteiger partial charge in [0.1, 0.15) is 11.8 Å². The van der Waals surface area contributed by atoms with Crippen molar-refractivity contribution in [2.45, 2.75) is 128 Å². The second-order valence-electron chi connectivity index (χ2n) is 11.1. The fourth-order valence-electron chi connectivity index (χ4n) is 4.15. The molecule has 0 amide bonds. The Morgan fingerprint density at radius 1 is 0.792 bits per heavy atom. The zero-order valence-corrected chi connectivity index (χ0v) is 27.5. The van der Waals surface area contributed by atoms with Crippen LogP contribution in [0.4, 0.5) is 0 Å². The monoisotopic (exact) mass is 705 g/mol. The van der Waals surface area contributed by atoms with Crippen molar-refractivity contribution < 1.29 is 22.7 Å². The van der Waals surface area contributed by atoms with Gasteiger partial charge in [-0.05, 0) is 89.1 Å². The minimum absolute atomic E-state index is 0. The number of carbonyl (C=O) groups is 1. The third kappa shape index (κ3) is 15.7. The number of esters is 1. The topological polar surface area (TPSA) is 107 Å². The molecule has 5 rings (SSSR count). The van der Waals surface area contributed by atoms with Crippen LogP contribution in [0.3, 0.4) is 0 Å². The van der Waals surface area contributed by atoms with Gasteiger partial charge in [0.25, 0.3) is 0 Å². The van der Waals surface area contributed by atoms with Gasteiger partial charge in [-0.25, -0.2) is 23.1 Å². The number of nitrogens with zero attached hydrogens (tertiary/aromatic N) is 2. The highest BCUT2D eigenvalue weighted by atomic mass is 32.2. The Balaban J connectivity index is -0.000000627. The van der Waals surface area contributed by atoms with Gasteiger partial charge in [-0.2, -0.15) is 0 Å². The summed E-state index contributed by atoms with van der Waals surface area (Å²) in [6.45, 7) is 11.3. The van der Waals surface area contributed by atoms with Crippen LogP contribution >= 0.6 is 11.3 Å². The highest BCUT2D eigenvalue weighted by Gasteiger charge is 2.20. The maximum atomic E-state index is 11.5. The Kier molecular flexibility index (Phi) is 24.4. The zero-order chi connectivity index (χ0) is 31.4. The second kappa shape index (κ2) is 23.9. The van der Waals surface area contributed by atoms with E-state index in [9.17, 15) is 13.2 Å². The van der Waals surface area contributed by atoms with E-state index in [0.29, 0.717) is 10.8 Å². The molecule has 1 N–H and O–H groups in total. The molecular weight excluding hydrogens is 643 g/mol. The Bertz CT molecular complexity index is 1520. The Labute approximate surface area is 296 Å². The standard InChI is InChI=1S/C15H14N2OS.C9H13NO2S.C9H16O2.5CH4/c1-10(2)18-15-14(13-8-5-9-19-13)16-11-6-3-4-7-12(11)17-15;1-8(2)10-13(11,12)9-6-4-3-5-7-9;1-7(2)9(10)11-8-5-3-4-6-8;;;;;/h3-10H,1-2H3;3-8,10H,1-2H3;7-8H,3-6H2,1-2H3;5*1H4. The molecule has 10 heteroatoms. The predicted octanol–water partition coefficient (Wildman–Crippen LogP) is 10.8. The molecule has 48 heavy (non-hydrogen) atoms. The number of benzene rings is 2. The van der Waals surface area contributed by atoms with Crippen LogP contribution in [-0.2, 0) is 19.6 Å². The fourth-order valence-corrected chi connectivity index (χ4v) is 6.13. The van der Waals surface area contributed by atoms with Gasteiger partial charge in [-0.3, -0.25) is 4.79 Å². The summed E-state index contributed by atoms with van der Waals surface area (Å²) in [5.41, 5.74) is 2.57. The summed E-state index contributed by atoms with van der Waals surface area (Å²) in [5.74, 6) is 0.587. The van der Waals surface area contributed by atoms with Crippen LogP contribution in [0.5, 0.6) is 5.88 Å². The van der Waals surface area contributed by atoms with Crippen molar-refractivity contribution in [3.8, 4) is 16.5 Å². The molecule has 0 atom stereocenters. The zero-order valence-electron chi connectivity index (χ0n) is 25.8. The summed E-state index contributed by atoms with van der Waals surface area (Å²) in [4.78, 5) is 21.8. The molecule has 8 nitrogen and oxygen atoms in total. The fraction of sp³-hybridized carbons (Fsp3) is 0.500. The summed E-state index contributed by atoms with van der Waals surface area (Å²) in [6.07, 6.45) is 4.88. The Morgan fingerprint density at radius 3 is 1.81 bits per heavy atom. The maximum Gasteiger partial charge on any atom is 0.308 e. The lowest BCUT2D eigenvalue weighted by atomic mass is 10.2. The molecule has 0 aliphatic heterocycles. The lowest BCUT2D eigenvalue weighted by Gasteiger charge is -2.12. The van der Waals surface area contributed by atoms with E-state index in [2.05, 4.69) is 9.71 Å². The van der Waals surface area contributed by atoms with E-state index in [0.717, 1.165) is 34.4 Å². The number of ether oxygens (including phenoxy) is 2. The lowest BCUT2D eigenvalue weighted by Crippen LogP contribution is -2.30. The van der Waals surface area contributed by atoms with Crippen molar-refractivity contribution in [2.75, 3.05) is 0 Å². The largest absolute Gasteiger partial charge is 0.473 e. The molecule has 0 spiro atoms. The average Bonchev–Trinajstić information content (AvgIpc) is 3.68. The van der Waals surface area contributed by atoms with Crippen molar-refractivity contribution in [3.63, 3.8) is 0 Å². The Hall–Kier alpha value is -3.34. The molecule has 1 aliphatic carbocycles. The van der Waals surface area contributed by atoms with Crippen molar-refractivity contribution in [1.29, 1.82) is 0 Å². The maximum absolute atomic E-state index is 11.5. The first-order chi connectivity index (χ1) is 20.5. The third-order valence-electron chi connectivity index (χ3n) is 6.14. The number of fused-ring (bicyclic) bond motifs is 1. The molecule has 0 radical (unpaired) electrons. The molecule has 272 valence electrons. The summed E-state index contributed by atoms with van der Waals surface area (Å²) >= 11 is 1.64. The van der Waals surface area contributed by atoms with Crippen LogP contribution in [0.15, 0.2) is 77.0 Å². The van der Waals surface area contributed by atoms with E-state index in [4.69, 9.17) is 14.5 Å². The van der Waals surface area contributed by atoms with Crippen molar-refractivity contribution >= 4 is 38.4 Å². The van der Waals surface area contributed by atoms with Gasteiger partial charge in [-0.1, -0.05) is 87.4 Å². The second-order valence-corrected chi connectivity index (χ2v) is 13.8. The van der Waals surface area contributed by atoms with E-state index < -0.39 is 10.0 Å². The molecule has 4 aromatic rings. The van der Waals surface area contributed by atoms with Crippen LogP contribution in [0.1, 0.15) is 104 Å².